The van der Waals surface area contributed by atoms with Crippen molar-refractivity contribution in [1.82, 2.24) is 4.90 Å². The molecule has 3 N–H and O–H groups in total. The standard InChI is InChI=1S/C13H29N3O3/c1-12(2)16(5-4-13(14)15)6-7-18-10-11-19-9-8-17-3/h12H,4-11H2,1-3H3,(H3,14,15). The number of nitrogens with zero attached hydrogens (tertiary/aromatic N) is 1. The van der Waals surface area contributed by atoms with E-state index in [1.807, 2.05) is 0 Å². The minimum Gasteiger partial charge on any atom is -0.388 e. The van der Waals surface area contributed by atoms with Gasteiger partial charge in [0.1, 0.15) is 0 Å². The maximum absolute atomic E-state index is 7.25. The van der Waals surface area contributed by atoms with Crippen LogP contribution in [0.3, 0.4) is 0 Å². The van der Waals surface area contributed by atoms with E-state index in [1.54, 1.807) is 7.11 Å². The van der Waals surface area contributed by atoms with Crippen LogP contribution in [-0.2, 0) is 14.2 Å². The van der Waals surface area contributed by atoms with Crippen molar-refractivity contribution in [2.45, 2.75) is 26.3 Å². The van der Waals surface area contributed by atoms with E-state index in [0.717, 1.165) is 13.1 Å². The first-order chi connectivity index (χ1) is 9.07. The smallest absolute Gasteiger partial charge is 0.0918 e. The Balaban J connectivity index is 3.51. The van der Waals surface area contributed by atoms with Crippen molar-refractivity contribution >= 4 is 5.84 Å². The van der Waals surface area contributed by atoms with Gasteiger partial charge in [-0.3, -0.25) is 10.3 Å². The zero-order chi connectivity index (χ0) is 14.5. The number of nitrogens with one attached hydrogen (secondary N) is 1. The summed E-state index contributed by atoms with van der Waals surface area (Å²) in [6.07, 6.45) is 0.609. The fourth-order valence-corrected chi connectivity index (χ4v) is 1.54. The van der Waals surface area contributed by atoms with Crippen LogP contribution in [0.5, 0.6) is 0 Å². The van der Waals surface area contributed by atoms with E-state index >= 15 is 0 Å². The highest BCUT2D eigenvalue weighted by Gasteiger charge is 2.09. The van der Waals surface area contributed by atoms with Crippen LogP contribution in [-0.4, -0.2) is 70.0 Å². The number of nitrogens with two attached hydrogens (primary N) is 1. The molecule has 114 valence electrons. The van der Waals surface area contributed by atoms with Crippen molar-refractivity contribution < 1.29 is 14.2 Å². The van der Waals surface area contributed by atoms with Crippen LogP contribution in [0, 0.1) is 5.41 Å². The second kappa shape index (κ2) is 12.3. The van der Waals surface area contributed by atoms with Gasteiger partial charge in [0, 0.05) is 32.7 Å². The highest BCUT2D eigenvalue weighted by molar-refractivity contribution is 5.76. The Labute approximate surface area is 116 Å². The summed E-state index contributed by atoms with van der Waals surface area (Å²) >= 11 is 0. The number of methoxy groups -OCH3 is 1. The number of amidine groups is 1. The van der Waals surface area contributed by atoms with E-state index in [9.17, 15) is 0 Å². The Morgan fingerprint density at radius 3 is 2.16 bits per heavy atom. The molecule has 0 rings (SSSR count). The fraction of sp³-hybridized carbons (Fsp3) is 0.923. The molecule has 0 aliphatic rings. The lowest BCUT2D eigenvalue weighted by Crippen LogP contribution is -2.36. The van der Waals surface area contributed by atoms with E-state index in [4.69, 9.17) is 25.4 Å². The minimum atomic E-state index is 0.234. The van der Waals surface area contributed by atoms with Gasteiger partial charge in [0.2, 0.25) is 0 Å². The third-order valence-electron chi connectivity index (χ3n) is 2.73. The average molecular weight is 275 g/mol. The second-order valence-electron chi connectivity index (χ2n) is 4.62. The number of ether oxygens (including phenoxy) is 3. The minimum absolute atomic E-state index is 0.234. The van der Waals surface area contributed by atoms with Crippen LogP contribution >= 0.6 is 0 Å². The molecule has 0 atom stereocenters. The molecule has 6 nitrogen and oxygen atoms in total. The summed E-state index contributed by atoms with van der Waals surface area (Å²) in [7, 11) is 1.65. The van der Waals surface area contributed by atoms with Gasteiger partial charge in [-0.15, -0.1) is 0 Å². The van der Waals surface area contributed by atoms with E-state index < -0.39 is 0 Å². The predicted octanol–water partition coefficient (Wildman–Crippen LogP) is 0.702. The lowest BCUT2D eigenvalue weighted by Gasteiger charge is -2.26. The Morgan fingerprint density at radius 2 is 1.63 bits per heavy atom. The third-order valence-corrected chi connectivity index (χ3v) is 2.73. The van der Waals surface area contributed by atoms with Crippen molar-refractivity contribution in [1.29, 1.82) is 5.41 Å². The first-order valence-electron chi connectivity index (χ1n) is 6.79. The molecule has 0 aromatic carbocycles. The summed E-state index contributed by atoms with van der Waals surface area (Å²) in [6.45, 7) is 9.01. The van der Waals surface area contributed by atoms with Crippen molar-refractivity contribution in [3.05, 3.63) is 0 Å². The highest BCUT2D eigenvalue weighted by atomic mass is 16.5. The maximum atomic E-state index is 7.25. The molecule has 0 aromatic heterocycles. The summed E-state index contributed by atoms with van der Waals surface area (Å²) in [6, 6.07) is 0.431. The van der Waals surface area contributed by atoms with Crippen molar-refractivity contribution in [3.63, 3.8) is 0 Å². The van der Waals surface area contributed by atoms with Crippen LogP contribution in [0.1, 0.15) is 20.3 Å². The van der Waals surface area contributed by atoms with Gasteiger partial charge in [-0.05, 0) is 13.8 Å². The van der Waals surface area contributed by atoms with Crippen LogP contribution in [0.15, 0.2) is 0 Å². The second-order valence-corrected chi connectivity index (χ2v) is 4.62. The molecule has 6 heteroatoms. The van der Waals surface area contributed by atoms with Gasteiger partial charge in [-0.1, -0.05) is 0 Å². The quantitative estimate of drug-likeness (QED) is 0.294. The summed E-state index contributed by atoms with van der Waals surface area (Å²) in [5, 5.41) is 7.25. The monoisotopic (exact) mass is 275 g/mol. The van der Waals surface area contributed by atoms with Gasteiger partial charge in [-0.25, -0.2) is 0 Å². The van der Waals surface area contributed by atoms with Crippen molar-refractivity contribution in [2.75, 3.05) is 53.2 Å². The topological polar surface area (TPSA) is 80.8 Å². The summed E-state index contributed by atoms with van der Waals surface area (Å²) < 4.78 is 15.7. The molecule has 19 heavy (non-hydrogen) atoms. The van der Waals surface area contributed by atoms with Gasteiger partial charge < -0.3 is 19.9 Å². The fourth-order valence-electron chi connectivity index (χ4n) is 1.54. The van der Waals surface area contributed by atoms with E-state index in [0.29, 0.717) is 45.5 Å². The molecule has 0 amide bonds. The average Bonchev–Trinajstić information content (AvgIpc) is 2.35. The third kappa shape index (κ3) is 12.1. The highest BCUT2D eigenvalue weighted by Crippen LogP contribution is 1.99. The number of hydrogen-bond donors (Lipinski definition) is 2. The molecule has 0 spiro atoms. The molecule has 0 unspecified atom stereocenters. The molecular weight excluding hydrogens is 246 g/mol. The zero-order valence-corrected chi connectivity index (χ0v) is 12.5. The molecule has 0 saturated carbocycles. The van der Waals surface area contributed by atoms with Gasteiger partial charge in [-0.2, -0.15) is 0 Å². The zero-order valence-electron chi connectivity index (χ0n) is 12.5. The summed E-state index contributed by atoms with van der Waals surface area (Å²) in [4.78, 5) is 2.26. The first-order valence-corrected chi connectivity index (χ1v) is 6.79. The first kappa shape index (κ1) is 18.3. The molecule has 0 heterocycles. The Morgan fingerprint density at radius 1 is 1.05 bits per heavy atom. The van der Waals surface area contributed by atoms with Crippen LogP contribution in [0.2, 0.25) is 0 Å². The van der Waals surface area contributed by atoms with Crippen molar-refractivity contribution in [3.8, 4) is 0 Å². The Bertz CT molecular complexity index is 225. The molecular formula is C13H29N3O3. The Hall–Kier alpha value is -0.690. The molecule has 0 aliphatic carbocycles. The molecule has 0 saturated heterocycles. The van der Waals surface area contributed by atoms with E-state index in [1.165, 1.54) is 0 Å². The van der Waals surface area contributed by atoms with Gasteiger partial charge in [0.15, 0.2) is 0 Å². The maximum Gasteiger partial charge on any atom is 0.0918 e. The van der Waals surface area contributed by atoms with Crippen LogP contribution in [0.4, 0.5) is 0 Å². The molecule has 0 aliphatic heterocycles. The number of rotatable bonds is 13. The molecule has 0 bridgehead atoms. The van der Waals surface area contributed by atoms with Gasteiger partial charge in [0.25, 0.3) is 0 Å². The van der Waals surface area contributed by atoms with Gasteiger partial charge in [0.05, 0.1) is 38.9 Å². The summed E-state index contributed by atoms with van der Waals surface area (Å²) in [5.74, 6) is 0.234. The van der Waals surface area contributed by atoms with Crippen LogP contribution < -0.4 is 5.73 Å². The van der Waals surface area contributed by atoms with E-state index in [-0.39, 0.29) is 5.84 Å². The largest absolute Gasteiger partial charge is 0.388 e. The Kier molecular flexibility index (Phi) is 11.9. The van der Waals surface area contributed by atoms with Crippen molar-refractivity contribution in [2.24, 2.45) is 5.73 Å². The molecule has 0 aromatic rings. The summed E-state index contributed by atoms with van der Waals surface area (Å²) in [5.41, 5.74) is 5.37. The lowest BCUT2D eigenvalue weighted by molar-refractivity contribution is 0.0177. The van der Waals surface area contributed by atoms with E-state index in [2.05, 4.69) is 18.7 Å². The predicted molar refractivity (Wildman–Crippen MR) is 76.8 cm³/mol. The normalized spacial score (nSPS) is 11.4. The van der Waals surface area contributed by atoms with Crippen LogP contribution in [0.25, 0.3) is 0 Å². The van der Waals surface area contributed by atoms with Gasteiger partial charge >= 0.3 is 0 Å². The molecule has 0 fully saturated rings. The SMILES string of the molecule is COCCOCCOCCN(CCC(=N)N)C(C)C. The lowest BCUT2D eigenvalue weighted by atomic mass is 10.3. The number of hydrogen-bond acceptors (Lipinski definition) is 5. The molecule has 0 radical (unpaired) electrons.